The van der Waals surface area contributed by atoms with E-state index in [1.54, 1.807) is 12.1 Å². The van der Waals surface area contributed by atoms with E-state index in [1.165, 1.54) is 23.3 Å². The highest BCUT2D eigenvalue weighted by molar-refractivity contribution is 7.90. The van der Waals surface area contributed by atoms with E-state index in [0.717, 1.165) is 86.6 Å². The van der Waals surface area contributed by atoms with Crippen molar-refractivity contribution in [3.8, 4) is 0 Å². The molecule has 0 spiro atoms. The molecular formula is C27H34N4O4S. The van der Waals surface area contributed by atoms with Crippen LogP contribution >= 0.6 is 0 Å². The number of fused-ring (bicyclic) bond motifs is 2. The zero-order valence-corrected chi connectivity index (χ0v) is 21.3. The fourth-order valence-electron chi connectivity index (χ4n) is 5.75. The van der Waals surface area contributed by atoms with Crippen LogP contribution in [0, 0.1) is 0 Å². The van der Waals surface area contributed by atoms with Crippen LogP contribution in [0.2, 0.25) is 0 Å². The maximum absolute atomic E-state index is 12.8. The summed E-state index contributed by atoms with van der Waals surface area (Å²) in [6.45, 7) is 0.455. The molecule has 2 aromatic rings. The Balaban J connectivity index is 1.16. The quantitative estimate of drug-likeness (QED) is 0.451. The summed E-state index contributed by atoms with van der Waals surface area (Å²) in [6.07, 6.45) is 10.9. The minimum atomic E-state index is -4.01. The second-order valence-electron chi connectivity index (χ2n) is 10.1. The van der Waals surface area contributed by atoms with Crippen LogP contribution in [0.15, 0.2) is 35.2 Å². The van der Waals surface area contributed by atoms with E-state index in [-0.39, 0.29) is 17.0 Å². The molecule has 4 amide bonds. The maximum atomic E-state index is 12.8. The number of rotatable bonds is 7. The fraction of sp³-hybridized carbons (Fsp3) is 0.481. The van der Waals surface area contributed by atoms with E-state index in [4.69, 9.17) is 0 Å². The Labute approximate surface area is 212 Å². The molecule has 192 valence electrons. The number of hydrogen-bond acceptors (Lipinski definition) is 4. The molecule has 1 fully saturated rings. The summed E-state index contributed by atoms with van der Waals surface area (Å²) >= 11 is 0. The third-order valence-electron chi connectivity index (χ3n) is 7.56. The number of nitrogens with one attached hydrogen (secondary N) is 4. The summed E-state index contributed by atoms with van der Waals surface area (Å²) in [6, 6.07) is 8.03. The van der Waals surface area contributed by atoms with Gasteiger partial charge in [0.1, 0.15) is 0 Å². The van der Waals surface area contributed by atoms with Crippen molar-refractivity contribution in [1.82, 2.24) is 15.4 Å². The molecule has 0 heterocycles. The molecule has 3 aliphatic rings. The first-order valence-electron chi connectivity index (χ1n) is 13.0. The summed E-state index contributed by atoms with van der Waals surface area (Å²) in [4.78, 5) is 24.8. The molecule has 0 atom stereocenters. The highest BCUT2D eigenvalue weighted by Crippen LogP contribution is 2.38. The van der Waals surface area contributed by atoms with Gasteiger partial charge < -0.3 is 16.0 Å². The van der Waals surface area contributed by atoms with E-state index in [2.05, 4.69) is 26.7 Å². The largest absolute Gasteiger partial charge is 0.338 e. The molecule has 9 heteroatoms. The summed E-state index contributed by atoms with van der Waals surface area (Å²) in [5, 5.41) is 8.70. The predicted octanol–water partition coefficient (Wildman–Crippen LogP) is 3.96. The number of carbonyl (C=O) groups is 2. The van der Waals surface area contributed by atoms with Crippen molar-refractivity contribution in [2.45, 2.75) is 81.6 Å². The van der Waals surface area contributed by atoms with Crippen molar-refractivity contribution >= 4 is 27.8 Å². The molecular weight excluding hydrogens is 476 g/mol. The van der Waals surface area contributed by atoms with E-state index in [0.29, 0.717) is 13.0 Å². The lowest BCUT2D eigenvalue weighted by Crippen LogP contribution is -2.41. The molecule has 5 rings (SSSR count). The Morgan fingerprint density at radius 2 is 1.47 bits per heavy atom. The third kappa shape index (κ3) is 5.51. The molecule has 0 bridgehead atoms. The zero-order chi connectivity index (χ0) is 25.1. The summed E-state index contributed by atoms with van der Waals surface area (Å²) in [5.74, 6) is 0. The Kier molecular flexibility index (Phi) is 7.18. The number of urea groups is 2. The average molecular weight is 511 g/mol. The number of aryl methyl sites for hydroxylation is 2. The van der Waals surface area contributed by atoms with E-state index >= 15 is 0 Å². The molecule has 3 aliphatic carbocycles. The number of hydrogen-bond donors (Lipinski definition) is 4. The molecule has 0 unspecified atom stereocenters. The monoisotopic (exact) mass is 510 g/mol. The van der Waals surface area contributed by atoms with Gasteiger partial charge in [-0.3, -0.25) is 0 Å². The highest BCUT2D eigenvalue weighted by Gasteiger charge is 2.26. The normalized spacial score (nSPS) is 16.9. The molecule has 0 radical (unpaired) electrons. The van der Waals surface area contributed by atoms with Gasteiger partial charge in [-0.1, -0.05) is 31.0 Å². The molecule has 0 saturated heterocycles. The minimum Gasteiger partial charge on any atom is -0.338 e. The van der Waals surface area contributed by atoms with Crippen LogP contribution in [0.4, 0.5) is 15.3 Å². The highest BCUT2D eigenvalue weighted by atomic mass is 32.2. The van der Waals surface area contributed by atoms with Crippen molar-refractivity contribution < 1.29 is 18.0 Å². The van der Waals surface area contributed by atoms with Crippen LogP contribution in [0.3, 0.4) is 0 Å². The topological polar surface area (TPSA) is 116 Å². The third-order valence-corrected chi connectivity index (χ3v) is 8.91. The lowest BCUT2D eigenvalue weighted by molar-refractivity contribution is 0.237. The first-order valence-corrected chi connectivity index (χ1v) is 14.5. The van der Waals surface area contributed by atoms with Gasteiger partial charge in [0.15, 0.2) is 0 Å². The predicted molar refractivity (Wildman–Crippen MR) is 139 cm³/mol. The zero-order valence-electron chi connectivity index (χ0n) is 20.5. The van der Waals surface area contributed by atoms with Crippen molar-refractivity contribution in [3.05, 3.63) is 58.1 Å². The molecule has 1 saturated carbocycles. The van der Waals surface area contributed by atoms with Gasteiger partial charge in [0, 0.05) is 18.3 Å². The van der Waals surface area contributed by atoms with Crippen LogP contribution in [0.5, 0.6) is 0 Å². The number of amides is 4. The smallest absolute Gasteiger partial charge is 0.333 e. The average Bonchev–Trinajstić information content (AvgIpc) is 3.61. The second-order valence-corrected chi connectivity index (χ2v) is 11.8. The molecule has 0 aliphatic heterocycles. The van der Waals surface area contributed by atoms with Crippen LogP contribution < -0.4 is 20.7 Å². The van der Waals surface area contributed by atoms with Crippen LogP contribution in [-0.4, -0.2) is 33.1 Å². The van der Waals surface area contributed by atoms with Crippen molar-refractivity contribution in [3.63, 3.8) is 0 Å². The number of sulfonamides is 1. The lowest BCUT2D eigenvalue weighted by atomic mass is 9.99. The molecule has 4 N–H and O–H groups in total. The molecule has 36 heavy (non-hydrogen) atoms. The van der Waals surface area contributed by atoms with E-state index in [9.17, 15) is 18.0 Å². The minimum absolute atomic E-state index is 0.0249. The van der Waals surface area contributed by atoms with E-state index < -0.39 is 16.1 Å². The van der Waals surface area contributed by atoms with Crippen molar-refractivity contribution in [2.75, 3.05) is 11.9 Å². The van der Waals surface area contributed by atoms with Gasteiger partial charge in [-0.2, -0.15) is 0 Å². The molecule has 2 aromatic carbocycles. The number of anilines is 1. The number of benzene rings is 2. The fourth-order valence-corrected chi connectivity index (χ4v) is 6.66. The van der Waals surface area contributed by atoms with Gasteiger partial charge in [-0.25, -0.2) is 22.7 Å². The first kappa shape index (κ1) is 24.6. The van der Waals surface area contributed by atoms with Gasteiger partial charge in [-0.05, 0) is 97.7 Å². The summed E-state index contributed by atoms with van der Waals surface area (Å²) in [7, 11) is -4.01. The van der Waals surface area contributed by atoms with Crippen LogP contribution in [0.1, 0.15) is 66.3 Å². The first-order chi connectivity index (χ1) is 17.4. The number of carbonyl (C=O) groups excluding carboxylic acids is 2. The Bertz CT molecular complexity index is 1220. The lowest BCUT2D eigenvalue weighted by Gasteiger charge is -2.16. The summed E-state index contributed by atoms with van der Waals surface area (Å²) in [5.41, 5.74) is 6.56. The second kappa shape index (κ2) is 10.5. The Morgan fingerprint density at radius 3 is 2.11 bits per heavy atom. The standard InChI is InChI=1S/C27H34N4O4S/c32-26(29-21-7-1-2-8-21)28-16-15-18-11-13-22(14-12-18)36(34,35)31-27(33)30-25-23-9-3-5-19(23)17-20-6-4-10-24(20)25/h11-14,17,21H,1-10,15-16H2,(H2,28,29,32)(H2,30,31,33). The molecule has 0 aromatic heterocycles. The molecule has 8 nitrogen and oxygen atoms in total. The van der Waals surface area contributed by atoms with E-state index in [1.807, 2.05) is 0 Å². The SMILES string of the molecule is O=C(NCCc1ccc(S(=O)(=O)NC(=O)Nc2c3c(cc4c2CCC4)CCC3)cc1)NC1CCCC1. The Morgan fingerprint density at radius 1 is 0.833 bits per heavy atom. The van der Waals surface area contributed by atoms with Gasteiger partial charge in [-0.15, -0.1) is 0 Å². The Hall–Kier alpha value is -3.07. The van der Waals surface area contributed by atoms with Crippen molar-refractivity contribution in [2.24, 2.45) is 0 Å². The van der Waals surface area contributed by atoms with Gasteiger partial charge in [0.2, 0.25) is 0 Å². The van der Waals surface area contributed by atoms with Gasteiger partial charge >= 0.3 is 12.1 Å². The van der Waals surface area contributed by atoms with Crippen LogP contribution in [-0.2, 0) is 42.1 Å². The van der Waals surface area contributed by atoms with Gasteiger partial charge in [0.25, 0.3) is 10.0 Å². The maximum Gasteiger partial charge on any atom is 0.333 e. The van der Waals surface area contributed by atoms with Crippen molar-refractivity contribution in [1.29, 1.82) is 0 Å². The van der Waals surface area contributed by atoms with Crippen LogP contribution in [0.25, 0.3) is 0 Å². The summed E-state index contributed by atoms with van der Waals surface area (Å²) < 4.78 is 27.9. The van der Waals surface area contributed by atoms with Gasteiger partial charge in [0.05, 0.1) is 4.90 Å².